The molecule has 2 aliphatic rings. The maximum absolute atomic E-state index is 11.4. The van der Waals surface area contributed by atoms with Crippen molar-refractivity contribution in [1.82, 2.24) is 4.90 Å². The molecule has 120 valence electrons. The summed E-state index contributed by atoms with van der Waals surface area (Å²) in [5.41, 5.74) is 11.4. The normalized spacial score (nSPS) is 28.3. The van der Waals surface area contributed by atoms with Gasteiger partial charge >= 0.3 is 0 Å². The van der Waals surface area contributed by atoms with E-state index < -0.39 is 0 Å². The van der Waals surface area contributed by atoms with Crippen molar-refractivity contribution in [2.24, 2.45) is 17.4 Å². The van der Waals surface area contributed by atoms with E-state index in [1.165, 1.54) is 0 Å². The highest BCUT2D eigenvalue weighted by Gasteiger charge is 2.31. The number of hydrogen-bond donors (Lipinski definition) is 2. The van der Waals surface area contributed by atoms with Gasteiger partial charge in [-0.05, 0) is 25.1 Å². The fraction of sp³-hybridized carbons (Fsp3) is 0.562. The summed E-state index contributed by atoms with van der Waals surface area (Å²) < 4.78 is 11.7. The van der Waals surface area contributed by atoms with E-state index in [-0.39, 0.29) is 24.0 Å². The molecule has 1 aromatic rings. The second-order valence-electron chi connectivity index (χ2n) is 6.05. The molecule has 0 bridgehead atoms. The molecule has 0 aromatic heterocycles. The molecule has 6 heteroatoms. The lowest BCUT2D eigenvalue weighted by molar-refractivity contribution is -0.124. The van der Waals surface area contributed by atoms with Crippen LogP contribution in [0.4, 0.5) is 0 Å². The second kappa shape index (κ2) is 6.54. The van der Waals surface area contributed by atoms with E-state index in [0.29, 0.717) is 13.2 Å². The summed E-state index contributed by atoms with van der Waals surface area (Å²) in [5.74, 6) is 1.05. The van der Waals surface area contributed by atoms with Crippen molar-refractivity contribution < 1.29 is 14.3 Å². The van der Waals surface area contributed by atoms with Gasteiger partial charge in [0.2, 0.25) is 5.91 Å². The quantitative estimate of drug-likeness (QED) is 0.837. The molecular formula is C16H23N3O3. The molecule has 0 aliphatic carbocycles. The lowest BCUT2D eigenvalue weighted by Crippen LogP contribution is -2.52. The predicted molar refractivity (Wildman–Crippen MR) is 82.7 cm³/mol. The number of primary amides is 1. The summed E-state index contributed by atoms with van der Waals surface area (Å²) in [6.45, 7) is 2.95. The standard InChI is InChI=1S/C16H23N3O3/c17-13-6-8-19(9-12(13)16(18)20)7-5-11-10-21-14-3-1-2-4-15(14)22-11/h1-4,11-13H,5-10,17H2,(H2,18,20)/t11?,12-,13-/m0/s1. The number of carbonyl (C=O) groups excluding carboxylic acids is 1. The van der Waals surface area contributed by atoms with E-state index in [2.05, 4.69) is 4.90 Å². The van der Waals surface area contributed by atoms with Crippen LogP contribution in [0, 0.1) is 5.92 Å². The van der Waals surface area contributed by atoms with E-state index in [1.54, 1.807) is 0 Å². The number of likely N-dealkylation sites (tertiary alicyclic amines) is 1. The van der Waals surface area contributed by atoms with E-state index >= 15 is 0 Å². The van der Waals surface area contributed by atoms with E-state index in [9.17, 15) is 4.79 Å². The number of ether oxygens (including phenoxy) is 2. The molecule has 3 rings (SSSR count). The van der Waals surface area contributed by atoms with Crippen LogP contribution in [0.1, 0.15) is 12.8 Å². The van der Waals surface area contributed by atoms with Crippen LogP contribution in [0.5, 0.6) is 11.5 Å². The third-order valence-electron chi connectivity index (χ3n) is 4.45. The third kappa shape index (κ3) is 3.34. The number of fused-ring (bicyclic) bond motifs is 1. The van der Waals surface area contributed by atoms with E-state index in [1.807, 2.05) is 24.3 Å². The van der Waals surface area contributed by atoms with Gasteiger partial charge in [-0.2, -0.15) is 0 Å². The maximum atomic E-state index is 11.4. The summed E-state index contributed by atoms with van der Waals surface area (Å²) in [6, 6.07) is 7.59. The second-order valence-corrected chi connectivity index (χ2v) is 6.05. The van der Waals surface area contributed by atoms with Crippen LogP contribution < -0.4 is 20.9 Å². The first-order chi connectivity index (χ1) is 10.6. The van der Waals surface area contributed by atoms with E-state index in [4.69, 9.17) is 20.9 Å². The number of carbonyl (C=O) groups is 1. The zero-order chi connectivity index (χ0) is 15.5. The van der Waals surface area contributed by atoms with Crippen LogP contribution in [0.2, 0.25) is 0 Å². The minimum Gasteiger partial charge on any atom is -0.486 e. The van der Waals surface area contributed by atoms with Crippen LogP contribution in [-0.2, 0) is 4.79 Å². The first kappa shape index (κ1) is 15.1. The summed E-state index contributed by atoms with van der Waals surface area (Å²) in [7, 11) is 0. The highest BCUT2D eigenvalue weighted by molar-refractivity contribution is 5.77. The number of nitrogens with zero attached hydrogens (tertiary/aromatic N) is 1. The predicted octanol–water partition coefficient (Wildman–Crippen LogP) is 0.351. The summed E-state index contributed by atoms with van der Waals surface area (Å²) in [6.07, 6.45) is 1.70. The van der Waals surface area contributed by atoms with Gasteiger partial charge in [0.1, 0.15) is 12.7 Å². The Kier molecular flexibility index (Phi) is 4.49. The summed E-state index contributed by atoms with van der Waals surface area (Å²) in [4.78, 5) is 13.7. The molecule has 2 heterocycles. The fourth-order valence-corrected chi connectivity index (χ4v) is 3.07. The SMILES string of the molecule is NC(=O)[C@H]1CN(CCC2COc3ccccc3O2)CC[C@@H]1N. The third-order valence-corrected chi connectivity index (χ3v) is 4.45. The van der Waals surface area contributed by atoms with Gasteiger partial charge in [-0.15, -0.1) is 0 Å². The maximum Gasteiger partial charge on any atom is 0.223 e. The largest absolute Gasteiger partial charge is 0.486 e. The molecule has 2 aliphatic heterocycles. The lowest BCUT2D eigenvalue weighted by atomic mass is 9.92. The Morgan fingerprint density at radius 3 is 2.86 bits per heavy atom. The molecule has 1 saturated heterocycles. The van der Waals surface area contributed by atoms with Crippen molar-refractivity contribution >= 4 is 5.91 Å². The Balaban J connectivity index is 1.50. The van der Waals surface area contributed by atoms with Crippen LogP contribution in [0.15, 0.2) is 24.3 Å². The number of benzene rings is 1. The molecule has 1 aromatic carbocycles. The molecule has 0 spiro atoms. The topological polar surface area (TPSA) is 90.8 Å². The molecular weight excluding hydrogens is 282 g/mol. The first-order valence-electron chi connectivity index (χ1n) is 7.79. The summed E-state index contributed by atoms with van der Waals surface area (Å²) >= 11 is 0. The van der Waals surface area contributed by atoms with Crippen molar-refractivity contribution in [3.63, 3.8) is 0 Å². The Bertz CT molecular complexity index is 537. The molecule has 22 heavy (non-hydrogen) atoms. The molecule has 1 amide bonds. The molecule has 4 N–H and O–H groups in total. The van der Waals surface area contributed by atoms with Crippen molar-refractivity contribution in [2.45, 2.75) is 25.0 Å². The monoisotopic (exact) mass is 305 g/mol. The van der Waals surface area contributed by atoms with Crippen molar-refractivity contribution in [2.75, 3.05) is 26.2 Å². The van der Waals surface area contributed by atoms with Crippen LogP contribution in [0.25, 0.3) is 0 Å². The fourth-order valence-electron chi connectivity index (χ4n) is 3.07. The van der Waals surface area contributed by atoms with Crippen molar-refractivity contribution in [1.29, 1.82) is 0 Å². The zero-order valence-electron chi connectivity index (χ0n) is 12.6. The van der Waals surface area contributed by atoms with E-state index in [0.717, 1.165) is 37.4 Å². The van der Waals surface area contributed by atoms with Gasteiger partial charge in [0.25, 0.3) is 0 Å². The van der Waals surface area contributed by atoms with Gasteiger partial charge in [0.15, 0.2) is 11.5 Å². The van der Waals surface area contributed by atoms with Gasteiger partial charge < -0.3 is 25.8 Å². The Morgan fingerprint density at radius 2 is 2.09 bits per heavy atom. The number of hydrogen-bond acceptors (Lipinski definition) is 5. The Morgan fingerprint density at radius 1 is 1.32 bits per heavy atom. The van der Waals surface area contributed by atoms with Gasteiger partial charge in [0, 0.05) is 25.6 Å². The molecule has 0 radical (unpaired) electrons. The highest BCUT2D eigenvalue weighted by atomic mass is 16.6. The number of nitrogens with two attached hydrogens (primary N) is 2. The minimum absolute atomic E-state index is 0.0394. The van der Waals surface area contributed by atoms with Gasteiger partial charge in [-0.3, -0.25) is 4.79 Å². The van der Waals surface area contributed by atoms with Crippen LogP contribution >= 0.6 is 0 Å². The molecule has 0 saturated carbocycles. The average Bonchev–Trinajstić information content (AvgIpc) is 2.53. The average molecular weight is 305 g/mol. The summed E-state index contributed by atoms with van der Waals surface area (Å²) in [5, 5.41) is 0. The first-order valence-corrected chi connectivity index (χ1v) is 7.79. The van der Waals surface area contributed by atoms with Crippen LogP contribution in [0.3, 0.4) is 0 Å². The van der Waals surface area contributed by atoms with Gasteiger partial charge in [-0.25, -0.2) is 0 Å². The Labute approximate surface area is 130 Å². The van der Waals surface area contributed by atoms with Crippen molar-refractivity contribution in [3.05, 3.63) is 24.3 Å². The van der Waals surface area contributed by atoms with Crippen LogP contribution in [-0.4, -0.2) is 49.2 Å². The number of rotatable bonds is 4. The minimum atomic E-state index is -0.302. The number of amides is 1. The highest BCUT2D eigenvalue weighted by Crippen LogP contribution is 2.31. The number of para-hydroxylation sites is 2. The molecule has 6 nitrogen and oxygen atoms in total. The smallest absolute Gasteiger partial charge is 0.223 e. The van der Waals surface area contributed by atoms with Crippen molar-refractivity contribution in [3.8, 4) is 11.5 Å². The molecule has 1 fully saturated rings. The van der Waals surface area contributed by atoms with Gasteiger partial charge in [0.05, 0.1) is 5.92 Å². The zero-order valence-corrected chi connectivity index (χ0v) is 12.6. The number of piperidine rings is 1. The lowest BCUT2D eigenvalue weighted by Gasteiger charge is -2.36. The molecule has 1 unspecified atom stereocenters. The Hall–Kier alpha value is -1.79. The molecule has 3 atom stereocenters. The van der Waals surface area contributed by atoms with Gasteiger partial charge in [-0.1, -0.05) is 12.1 Å².